The lowest BCUT2D eigenvalue weighted by atomic mass is 10.1. The minimum atomic E-state index is -4.20. The Balaban J connectivity index is 1.53. The first-order valence-electron chi connectivity index (χ1n) is 10.4. The van der Waals surface area contributed by atoms with Gasteiger partial charge in [-0.1, -0.05) is 30.3 Å². The van der Waals surface area contributed by atoms with Gasteiger partial charge in [0.15, 0.2) is 11.9 Å². The van der Waals surface area contributed by atoms with Gasteiger partial charge in [-0.3, -0.25) is 4.57 Å². The fourth-order valence-electron chi connectivity index (χ4n) is 3.75. The molecule has 34 heavy (non-hydrogen) atoms. The smallest absolute Gasteiger partial charge is 0.327 e. The van der Waals surface area contributed by atoms with Crippen LogP contribution in [0.2, 0.25) is 5.28 Å². The van der Waals surface area contributed by atoms with Gasteiger partial charge >= 0.3 is 7.60 Å². The maximum atomic E-state index is 10.9. The summed E-state index contributed by atoms with van der Waals surface area (Å²) in [5.41, 5.74) is 1.38. The van der Waals surface area contributed by atoms with Gasteiger partial charge in [-0.25, -0.2) is 4.68 Å². The zero-order chi connectivity index (χ0) is 24.5. The molecular formula is C20H25ClN5O7P. The highest BCUT2D eigenvalue weighted by Crippen LogP contribution is 2.35. The molecule has 1 aromatic carbocycles. The average Bonchev–Trinajstić information content (AvgIpc) is 3.32. The van der Waals surface area contributed by atoms with E-state index in [1.54, 1.807) is 0 Å². The summed E-state index contributed by atoms with van der Waals surface area (Å²) in [5, 5.41) is 25.9. The van der Waals surface area contributed by atoms with E-state index >= 15 is 0 Å². The van der Waals surface area contributed by atoms with Gasteiger partial charge in [0.1, 0.15) is 24.1 Å². The number of aromatic nitrogens is 4. The van der Waals surface area contributed by atoms with Crippen molar-refractivity contribution < 1.29 is 34.0 Å². The van der Waals surface area contributed by atoms with Gasteiger partial charge in [-0.05, 0) is 17.2 Å². The van der Waals surface area contributed by atoms with E-state index in [-0.39, 0.29) is 18.5 Å². The van der Waals surface area contributed by atoms with Crippen molar-refractivity contribution in [3.05, 3.63) is 47.4 Å². The molecule has 1 aliphatic rings. The minimum Gasteiger partial charge on any atom is -0.387 e. The standard InChI is InChI=1S/C20H25ClN5O7P/c1-25(10-12-5-3-2-4-6-12)17-13-9-22-26(18(13)24-20(21)23-17)19-16(28)15(27)14(33-19)11-32-7-8-34(29,30)31/h2-6,9,14-16,19,27-28H,7-8,10-11H2,1H3,(H2,29,30,31)/t14-,15-,16-,19-/m1/s1. The molecule has 3 aromatic rings. The van der Waals surface area contributed by atoms with Crippen molar-refractivity contribution in [3.63, 3.8) is 0 Å². The molecule has 12 nitrogen and oxygen atoms in total. The van der Waals surface area contributed by atoms with E-state index in [4.69, 9.17) is 30.9 Å². The van der Waals surface area contributed by atoms with Crippen LogP contribution in [0.15, 0.2) is 36.5 Å². The van der Waals surface area contributed by atoms with E-state index in [0.717, 1.165) is 5.56 Å². The Labute approximate surface area is 199 Å². The summed E-state index contributed by atoms with van der Waals surface area (Å²) in [6, 6.07) is 9.81. The summed E-state index contributed by atoms with van der Waals surface area (Å²) in [6.07, 6.45) is -3.60. The first kappa shape index (κ1) is 25.0. The number of aliphatic hydroxyl groups excluding tert-OH is 2. The fourth-order valence-corrected chi connectivity index (χ4v) is 4.27. The Morgan fingerprint density at radius 1 is 1.21 bits per heavy atom. The van der Waals surface area contributed by atoms with Gasteiger partial charge in [0.25, 0.3) is 0 Å². The van der Waals surface area contributed by atoms with Gasteiger partial charge in [0.2, 0.25) is 5.28 Å². The molecule has 1 aliphatic heterocycles. The first-order chi connectivity index (χ1) is 16.1. The van der Waals surface area contributed by atoms with Crippen LogP contribution >= 0.6 is 19.2 Å². The molecule has 1 fully saturated rings. The number of anilines is 1. The maximum absolute atomic E-state index is 10.9. The Bertz CT molecular complexity index is 1180. The Morgan fingerprint density at radius 2 is 1.94 bits per heavy atom. The molecular weight excluding hydrogens is 489 g/mol. The number of nitrogens with zero attached hydrogens (tertiary/aromatic N) is 5. The fraction of sp³-hybridized carbons (Fsp3) is 0.450. The summed E-state index contributed by atoms with van der Waals surface area (Å²) in [5.74, 6) is 0.537. The van der Waals surface area contributed by atoms with Crippen molar-refractivity contribution in [2.75, 3.05) is 31.3 Å². The molecule has 0 bridgehead atoms. The summed E-state index contributed by atoms with van der Waals surface area (Å²) < 4.78 is 23.3. The van der Waals surface area contributed by atoms with Crippen molar-refractivity contribution in [1.29, 1.82) is 0 Å². The highest BCUT2D eigenvalue weighted by Gasteiger charge is 2.45. The average molecular weight is 514 g/mol. The third-order valence-corrected chi connectivity index (χ3v) is 6.35. The number of hydrogen-bond donors (Lipinski definition) is 4. The van der Waals surface area contributed by atoms with E-state index in [9.17, 15) is 14.8 Å². The predicted octanol–water partition coefficient (Wildman–Crippen LogP) is 0.930. The number of halogens is 1. The highest BCUT2D eigenvalue weighted by atomic mass is 35.5. The lowest BCUT2D eigenvalue weighted by Gasteiger charge is -2.20. The van der Waals surface area contributed by atoms with Crippen LogP contribution in [0.1, 0.15) is 11.8 Å². The molecule has 14 heteroatoms. The first-order valence-corrected chi connectivity index (χ1v) is 12.6. The topological polar surface area (TPSA) is 163 Å². The number of aliphatic hydroxyl groups is 2. The number of hydrogen-bond acceptors (Lipinski definition) is 9. The van der Waals surface area contributed by atoms with Crippen molar-refractivity contribution in [2.24, 2.45) is 0 Å². The van der Waals surface area contributed by atoms with Crippen LogP contribution in [-0.2, 0) is 20.6 Å². The molecule has 0 radical (unpaired) electrons. The second-order valence-corrected chi connectivity index (χ2v) is 10.1. The Kier molecular flexibility index (Phi) is 7.51. The van der Waals surface area contributed by atoms with Crippen LogP contribution < -0.4 is 4.90 Å². The van der Waals surface area contributed by atoms with Crippen molar-refractivity contribution in [3.8, 4) is 0 Å². The van der Waals surface area contributed by atoms with Gasteiger partial charge in [-0.2, -0.15) is 15.1 Å². The largest absolute Gasteiger partial charge is 0.387 e. The number of fused-ring (bicyclic) bond motifs is 1. The second-order valence-electron chi connectivity index (χ2n) is 7.99. The summed E-state index contributed by atoms with van der Waals surface area (Å²) in [7, 11) is -2.34. The maximum Gasteiger partial charge on any atom is 0.327 e. The molecule has 2 aromatic heterocycles. The normalized spacial score (nSPS) is 23.0. The molecule has 0 unspecified atom stereocenters. The van der Waals surface area contributed by atoms with Gasteiger partial charge in [0.05, 0.1) is 31.0 Å². The molecule has 0 saturated carbocycles. The van der Waals surface area contributed by atoms with Crippen LogP contribution in [-0.4, -0.2) is 84.5 Å². The molecule has 184 valence electrons. The van der Waals surface area contributed by atoms with Crippen LogP contribution in [0.3, 0.4) is 0 Å². The van der Waals surface area contributed by atoms with Gasteiger partial charge in [-0.15, -0.1) is 0 Å². The number of benzene rings is 1. The second kappa shape index (κ2) is 10.2. The summed E-state index contributed by atoms with van der Waals surface area (Å²) in [6.45, 7) is 0.167. The lowest BCUT2D eigenvalue weighted by molar-refractivity contribution is -0.0681. The lowest BCUT2D eigenvalue weighted by Crippen LogP contribution is -2.34. The monoisotopic (exact) mass is 513 g/mol. The summed E-state index contributed by atoms with van der Waals surface area (Å²) >= 11 is 6.20. The SMILES string of the molecule is CN(Cc1ccccc1)c1nc(Cl)nc2c1cnn2[C@@H]1O[C@H](COCCP(=O)(O)O)[C@@H](O)[C@H]1O. The van der Waals surface area contributed by atoms with Gasteiger partial charge < -0.3 is 34.4 Å². The van der Waals surface area contributed by atoms with E-state index in [1.807, 2.05) is 42.3 Å². The van der Waals surface area contributed by atoms with Crippen LogP contribution in [0.4, 0.5) is 5.82 Å². The Hall–Kier alpha value is -2.15. The molecule has 4 atom stereocenters. The molecule has 4 rings (SSSR count). The van der Waals surface area contributed by atoms with Crippen molar-refractivity contribution >= 4 is 36.0 Å². The van der Waals surface area contributed by atoms with Crippen LogP contribution in [0.25, 0.3) is 11.0 Å². The highest BCUT2D eigenvalue weighted by molar-refractivity contribution is 7.51. The number of ether oxygens (including phenoxy) is 2. The molecule has 3 heterocycles. The van der Waals surface area contributed by atoms with E-state index < -0.39 is 38.3 Å². The minimum absolute atomic E-state index is 0.0190. The zero-order valence-electron chi connectivity index (χ0n) is 18.2. The van der Waals surface area contributed by atoms with Crippen LogP contribution in [0.5, 0.6) is 0 Å². The molecule has 0 aliphatic carbocycles. The molecule has 1 saturated heterocycles. The molecule has 0 spiro atoms. The Morgan fingerprint density at radius 3 is 2.65 bits per heavy atom. The third-order valence-electron chi connectivity index (χ3n) is 5.42. The quantitative estimate of drug-likeness (QED) is 0.183. The predicted molar refractivity (Wildman–Crippen MR) is 123 cm³/mol. The molecule has 0 amide bonds. The van der Waals surface area contributed by atoms with E-state index in [1.165, 1.54) is 10.9 Å². The van der Waals surface area contributed by atoms with E-state index in [0.29, 0.717) is 23.4 Å². The van der Waals surface area contributed by atoms with Crippen molar-refractivity contribution in [2.45, 2.75) is 31.1 Å². The van der Waals surface area contributed by atoms with Crippen molar-refractivity contribution in [1.82, 2.24) is 19.7 Å². The van der Waals surface area contributed by atoms with Crippen LogP contribution in [0, 0.1) is 0 Å². The summed E-state index contributed by atoms with van der Waals surface area (Å²) in [4.78, 5) is 28.3. The van der Waals surface area contributed by atoms with E-state index in [2.05, 4.69) is 15.1 Å². The number of rotatable bonds is 9. The molecule has 4 N–H and O–H groups in total. The zero-order valence-corrected chi connectivity index (χ0v) is 19.8. The van der Waals surface area contributed by atoms with Gasteiger partial charge in [0, 0.05) is 13.6 Å². The third kappa shape index (κ3) is 5.56.